The van der Waals surface area contributed by atoms with Crippen molar-refractivity contribution in [2.24, 2.45) is 5.92 Å². The fraction of sp³-hybridized carbons (Fsp3) is 0.652. The Bertz CT molecular complexity index is 786. The molecule has 1 aromatic rings. The lowest BCUT2D eigenvalue weighted by Crippen LogP contribution is -2.55. The quantitative estimate of drug-likeness (QED) is 0.767. The Hall–Kier alpha value is -2.08. The first-order valence-electron chi connectivity index (χ1n) is 10.9. The molecule has 0 N–H and O–H groups in total. The Balaban J connectivity index is 1.61. The Kier molecular flexibility index (Phi) is 5.56. The monoisotopic (exact) mass is 399 g/mol. The minimum atomic E-state index is -0.419. The predicted molar refractivity (Wildman–Crippen MR) is 112 cm³/mol. The second kappa shape index (κ2) is 7.98. The molecule has 29 heavy (non-hydrogen) atoms. The number of amides is 2. The van der Waals surface area contributed by atoms with E-state index in [0.29, 0.717) is 23.8 Å². The third kappa shape index (κ3) is 4.27. The fourth-order valence-electron chi connectivity index (χ4n) is 4.85. The maximum Gasteiger partial charge on any atom is 0.258 e. The zero-order chi connectivity index (χ0) is 20.6. The summed E-state index contributed by atoms with van der Waals surface area (Å²) < 4.78 is 6.52. The van der Waals surface area contributed by atoms with Gasteiger partial charge in [0.1, 0.15) is 17.9 Å². The lowest BCUT2D eigenvalue weighted by atomic mass is 9.90. The predicted octanol–water partition coefficient (Wildman–Crippen LogP) is 2.55. The van der Waals surface area contributed by atoms with Crippen LogP contribution in [0.1, 0.15) is 48.5 Å². The first-order chi connectivity index (χ1) is 13.8. The molecule has 6 nitrogen and oxygen atoms in total. The number of aryl methyl sites for hydroxylation is 1. The fourth-order valence-corrected chi connectivity index (χ4v) is 4.85. The number of carbonyl (C=O) groups is 2. The van der Waals surface area contributed by atoms with Crippen molar-refractivity contribution in [3.05, 3.63) is 29.3 Å². The van der Waals surface area contributed by atoms with E-state index in [9.17, 15) is 9.59 Å². The van der Waals surface area contributed by atoms with Crippen molar-refractivity contribution >= 4 is 11.8 Å². The molecular formula is C23H33N3O3. The van der Waals surface area contributed by atoms with E-state index in [0.717, 1.165) is 51.0 Å². The van der Waals surface area contributed by atoms with Crippen LogP contribution in [0.25, 0.3) is 0 Å². The first kappa shape index (κ1) is 20.2. The van der Waals surface area contributed by atoms with Gasteiger partial charge in [-0.2, -0.15) is 0 Å². The molecule has 0 bridgehead atoms. The van der Waals surface area contributed by atoms with Crippen molar-refractivity contribution in [1.82, 2.24) is 14.7 Å². The summed E-state index contributed by atoms with van der Waals surface area (Å²) in [5, 5.41) is 0. The molecule has 4 rings (SSSR count). The number of fused-ring (bicyclic) bond motifs is 1. The van der Waals surface area contributed by atoms with Crippen molar-refractivity contribution in [1.29, 1.82) is 0 Å². The second-order valence-electron chi connectivity index (χ2n) is 9.34. The van der Waals surface area contributed by atoms with E-state index in [1.807, 2.05) is 30.0 Å². The van der Waals surface area contributed by atoms with Gasteiger partial charge in [0.15, 0.2) is 0 Å². The summed E-state index contributed by atoms with van der Waals surface area (Å²) in [6, 6.07) is 5.80. The largest absolute Gasteiger partial charge is 0.484 e. The van der Waals surface area contributed by atoms with Gasteiger partial charge in [0.2, 0.25) is 5.91 Å². The highest BCUT2D eigenvalue weighted by Crippen LogP contribution is 2.36. The highest BCUT2D eigenvalue weighted by atomic mass is 16.5. The van der Waals surface area contributed by atoms with Crippen LogP contribution in [0, 0.1) is 12.8 Å². The summed E-state index contributed by atoms with van der Waals surface area (Å²) in [5.74, 6) is 1.16. The molecule has 1 spiro atoms. The molecule has 0 saturated carbocycles. The standard InChI is InChI=1S/C23H33N3O3/c1-17-6-7-20-19(13-17)22(28)26(15-21(27)25-10-4-5-18(2)14-25)16-23(29-20)8-11-24(3)12-9-23/h6-7,13,18H,4-5,8-12,14-16H2,1-3H3/t18-/m1/s1. The zero-order valence-corrected chi connectivity index (χ0v) is 17.9. The summed E-state index contributed by atoms with van der Waals surface area (Å²) in [6.07, 6.45) is 3.93. The second-order valence-corrected chi connectivity index (χ2v) is 9.34. The minimum Gasteiger partial charge on any atom is -0.484 e. The molecule has 0 radical (unpaired) electrons. The number of hydrogen-bond donors (Lipinski definition) is 0. The lowest BCUT2D eigenvalue weighted by Gasteiger charge is -2.42. The van der Waals surface area contributed by atoms with Gasteiger partial charge in [0, 0.05) is 39.0 Å². The Labute approximate surface area is 173 Å². The van der Waals surface area contributed by atoms with Crippen LogP contribution in [0.15, 0.2) is 18.2 Å². The molecule has 2 amide bonds. The van der Waals surface area contributed by atoms with E-state index in [1.165, 1.54) is 6.42 Å². The molecule has 1 atom stereocenters. The highest BCUT2D eigenvalue weighted by molar-refractivity contribution is 5.99. The van der Waals surface area contributed by atoms with E-state index < -0.39 is 5.60 Å². The van der Waals surface area contributed by atoms with Crippen molar-refractivity contribution < 1.29 is 14.3 Å². The summed E-state index contributed by atoms with van der Waals surface area (Å²) in [6.45, 7) is 8.24. The number of hydrogen-bond acceptors (Lipinski definition) is 4. The number of ether oxygens (including phenoxy) is 1. The molecule has 0 unspecified atom stereocenters. The van der Waals surface area contributed by atoms with Crippen LogP contribution in [-0.2, 0) is 4.79 Å². The maximum atomic E-state index is 13.4. The third-order valence-electron chi connectivity index (χ3n) is 6.69. The Morgan fingerprint density at radius 1 is 1.24 bits per heavy atom. The smallest absolute Gasteiger partial charge is 0.258 e. The summed E-state index contributed by atoms with van der Waals surface area (Å²) >= 11 is 0. The summed E-state index contributed by atoms with van der Waals surface area (Å²) in [5.41, 5.74) is 1.19. The number of likely N-dealkylation sites (tertiary alicyclic amines) is 2. The highest BCUT2D eigenvalue weighted by Gasteiger charge is 2.43. The first-order valence-corrected chi connectivity index (χ1v) is 10.9. The van der Waals surface area contributed by atoms with Crippen LogP contribution in [-0.4, -0.2) is 78.4 Å². The van der Waals surface area contributed by atoms with Crippen molar-refractivity contribution in [2.45, 2.75) is 45.1 Å². The van der Waals surface area contributed by atoms with Crippen LogP contribution in [0.3, 0.4) is 0 Å². The van der Waals surface area contributed by atoms with Crippen LogP contribution >= 0.6 is 0 Å². The molecule has 158 valence electrons. The van der Waals surface area contributed by atoms with Gasteiger partial charge in [0.05, 0.1) is 12.1 Å². The SMILES string of the molecule is Cc1ccc2c(c1)C(=O)N(CC(=O)N1CCC[C@@H](C)C1)CC1(CCN(C)CC1)O2. The summed E-state index contributed by atoms with van der Waals surface area (Å²) in [7, 11) is 2.12. The number of carbonyl (C=O) groups excluding carboxylic acids is 2. The van der Waals surface area contributed by atoms with Gasteiger partial charge < -0.3 is 19.4 Å². The topological polar surface area (TPSA) is 53.1 Å². The van der Waals surface area contributed by atoms with Gasteiger partial charge in [-0.05, 0) is 44.9 Å². The van der Waals surface area contributed by atoms with E-state index in [1.54, 1.807) is 4.90 Å². The van der Waals surface area contributed by atoms with Crippen molar-refractivity contribution in [2.75, 3.05) is 46.3 Å². The van der Waals surface area contributed by atoms with Crippen molar-refractivity contribution in [3.63, 3.8) is 0 Å². The van der Waals surface area contributed by atoms with E-state index in [-0.39, 0.29) is 18.4 Å². The average molecular weight is 400 g/mol. The number of rotatable bonds is 2. The van der Waals surface area contributed by atoms with Gasteiger partial charge in [-0.1, -0.05) is 18.6 Å². The van der Waals surface area contributed by atoms with Gasteiger partial charge >= 0.3 is 0 Å². The molecule has 2 fully saturated rings. The number of benzene rings is 1. The van der Waals surface area contributed by atoms with E-state index in [2.05, 4.69) is 18.9 Å². The molecule has 0 aromatic heterocycles. The average Bonchev–Trinajstić information content (AvgIpc) is 2.80. The third-order valence-corrected chi connectivity index (χ3v) is 6.69. The number of piperidine rings is 2. The molecule has 1 aromatic carbocycles. The molecule has 3 aliphatic heterocycles. The van der Waals surface area contributed by atoms with Crippen LogP contribution in [0.4, 0.5) is 0 Å². The van der Waals surface area contributed by atoms with E-state index >= 15 is 0 Å². The molecule has 3 heterocycles. The van der Waals surface area contributed by atoms with Gasteiger partial charge in [-0.3, -0.25) is 9.59 Å². The number of nitrogens with zero attached hydrogens (tertiary/aromatic N) is 3. The van der Waals surface area contributed by atoms with E-state index in [4.69, 9.17) is 4.74 Å². The van der Waals surface area contributed by atoms with Crippen LogP contribution < -0.4 is 4.74 Å². The Morgan fingerprint density at radius 3 is 2.72 bits per heavy atom. The molecule has 3 aliphatic rings. The van der Waals surface area contributed by atoms with Gasteiger partial charge in [-0.15, -0.1) is 0 Å². The van der Waals surface area contributed by atoms with Crippen LogP contribution in [0.2, 0.25) is 0 Å². The van der Waals surface area contributed by atoms with Crippen LogP contribution in [0.5, 0.6) is 5.75 Å². The molecule has 0 aliphatic carbocycles. The Morgan fingerprint density at radius 2 is 2.00 bits per heavy atom. The van der Waals surface area contributed by atoms with Crippen molar-refractivity contribution in [3.8, 4) is 5.75 Å². The maximum absolute atomic E-state index is 13.4. The molecule has 2 saturated heterocycles. The van der Waals surface area contributed by atoms with Gasteiger partial charge in [-0.25, -0.2) is 0 Å². The zero-order valence-electron chi connectivity index (χ0n) is 17.9. The lowest BCUT2D eigenvalue weighted by molar-refractivity contribution is -0.134. The molecule has 6 heteroatoms. The summed E-state index contributed by atoms with van der Waals surface area (Å²) in [4.78, 5) is 32.5. The molecular weight excluding hydrogens is 366 g/mol. The van der Waals surface area contributed by atoms with Gasteiger partial charge in [0.25, 0.3) is 5.91 Å². The normalized spacial score (nSPS) is 24.8. The minimum absolute atomic E-state index is 0.0593.